The molecule has 1 rings (SSSR count). The Bertz CT molecular complexity index is 50.9. The summed E-state index contributed by atoms with van der Waals surface area (Å²) in [6.45, 7) is 0. The zero-order valence-electron chi connectivity index (χ0n) is 4.07. The van der Waals surface area contributed by atoms with E-state index in [9.17, 15) is 0 Å². The Morgan fingerprint density at radius 2 is 2.14 bits per heavy atom. The van der Waals surface area contributed by atoms with Crippen LogP contribution in [0, 0.1) is 0 Å². The summed E-state index contributed by atoms with van der Waals surface area (Å²) in [5.41, 5.74) is 7.79. The number of hydrogen-bond donors (Lipinski definition) is 4. The second-order valence-corrected chi connectivity index (χ2v) is 1.69. The van der Waals surface area contributed by atoms with Crippen molar-refractivity contribution in [3.63, 3.8) is 0 Å². The van der Waals surface area contributed by atoms with Crippen LogP contribution in [0.5, 0.6) is 0 Å². The highest BCUT2D eigenvalue weighted by atomic mass is 15.7. The van der Waals surface area contributed by atoms with Crippen LogP contribution in [-0.4, -0.2) is 6.04 Å². The third-order valence-corrected chi connectivity index (χ3v) is 0.926. The molecule has 0 bridgehead atoms. The maximum absolute atomic E-state index is 4.88. The first-order valence-corrected chi connectivity index (χ1v) is 2.39. The van der Waals surface area contributed by atoms with Crippen molar-refractivity contribution in [3.05, 3.63) is 0 Å². The van der Waals surface area contributed by atoms with Crippen molar-refractivity contribution in [2.24, 2.45) is 5.84 Å². The highest BCUT2D eigenvalue weighted by Gasteiger charge is 2.19. The second-order valence-electron chi connectivity index (χ2n) is 1.69. The van der Waals surface area contributed by atoms with Crippen molar-refractivity contribution in [1.29, 1.82) is 0 Å². The van der Waals surface area contributed by atoms with Crippen LogP contribution in [0.25, 0.3) is 0 Å². The molecule has 0 heterocycles. The van der Waals surface area contributed by atoms with E-state index in [1.54, 1.807) is 0 Å². The predicted octanol–water partition coefficient (Wildman–Crippen LogP) is -1.38. The molecule has 0 saturated heterocycles. The molecular weight excluding hydrogens is 92.1 g/mol. The molecule has 7 heavy (non-hydrogen) atoms. The van der Waals surface area contributed by atoms with Crippen molar-refractivity contribution < 1.29 is 0 Å². The van der Waals surface area contributed by atoms with Crippen LogP contribution in [0.1, 0.15) is 12.8 Å². The molecule has 0 spiro atoms. The Morgan fingerprint density at radius 3 is 2.57 bits per heavy atom. The van der Waals surface area contributed by atoms with E-state index in [-0.39, 0.29) is 0 Å². The molecule has 0 unspecified atom stereocenters. The largest absolute Gasteiger partial charge is 0.257 e. The van der Waals surface area contributed by atoms with Crippen LogP contribution < -0.4 is 22.3 Å². The molecule has 4 nitrogen and oxygen atoms in total. The highest BCUT2D eigenvalue weighted by Crippen LogP contribution is 2.16. The van der Waals surface area contributed by atoms with E-state index in [1.807, 2.05) is 0 Å². The van der Waals surface area contributed by atoms with Gasteiger partial charge in [-0.15, -0.1) is 0 Å². The molecule has 0 atom stereocenters. The van der Waals surface area contributed by atoms with Crippen LogP contribution in [0.3, 0.4) is 0 Å². The summed E-state index contributed by atoms with van der Waals surface area (Å²) < 4.78 is 0. The van der Waals surface area contributed by atoms with Gasteiger partial charge in [0.15, 0.2) is 0 Å². The minimum atomic E-state index is 0.649. The van der Waals surface area contributed by atoms with E-state index in [2.05, 4.69) is 16.5 Å². The van der Waals surface area contributed by atoms with Gasteiger partial charge in [0.1, 0.15) is 0 Å². The maximum atomic E-state index is 4.88. The molecule has 4 heteroatoms. The van der Waals surface area contributed by atoms with E-state index in [0.717, 1.165) is 0 Å². The van der Waals surface area contributed by atoms with Gasteiger partial charge in [-0.05, 0) is 12.8 Å². The third kappa shape index (κ3) is 1.84. The minimum Gasteiger partial charge on any atom is -0.257 e. The number of rotatable bonds is 3. The van der Waals surface area contributed by atoms with Gasteiger partial charge in [0.05, 0.1) is 0 Å². The lowest BCUT2D eigenvalue weighted by Gasteiger charge is -1.99. The number of hydrazine groups is 3. The molecule has 0 aromatic carbocycles. The Kier molecular flexibility index (Phi) is 1.59. The third-order valence-electron chi connectivity index (χ3n) is 0.926. The van der Waals surface area contributed by atoms with Crippen molar-refractivity contribution >= 4 is 0 Å². The van der Waals surface area contributed by atoms with E-state index in [1.165, 1.54) is 12.8 Å². The van der Waals surface area contributed by atoms with Crippen LogP contribution in [-0.2, 0) is 0 Å². The smallest absolute Gasteiger partial charge is 0.0227 e. The van der Waals surface area contributed by atoms with Crippen LogP contribution in [0.2, 0.25) is 0 Å². The van der Waals surface area contributed by atoms with E-state index < -0.39 is 0 Å². The summed E-state index contributed by atoms with van der Waals surface area (Å²) in [6, 6.07) is 0.649. The van der Waals surface area contributed by atoms with Gasteiger partial charge >= 0.3 is 0 Å². The molecule has 0 aromatic rings. The average Bonchev–Trinajstić information content (AvgIpc) is 2.42. The lowest BCUT2D eigenvalue weighted by Crippen LogP contribution is -2.48. The van der Waals surface area contributed by atoms with Gasteiger partial charge < -0.3 is 0 Å². The van der Waals surface area contributed by atoms with Gasteiger partial charge in [-0.25, -0.2) is 5.43 Å². The van der Waals surface area contributed by atoms with E-state index in [4.69, 9.17) is 5.84 Å². The zero-order valence-corrected chi connectivity index (χ0v) is 4.07. The molecule has 0 amide bonds. The summed E-state index contributed by atoms with van der Waals surface area (Å²) in [7, 11) is 0. The number of hydrogen-bond acceptors (Lipinski definition) is 4. The monoisotopic (exact) mass is 102 g/mol. The van der Waals surface area contributed by atoms with Crippen LogP contribution in [0.4, 0.5) is 0 Å². The summed E-state index contributed by atoms with van der Waals surface area (Å²) in [6.07, 6.45) is 2.52. The van der Waals surface area contributed by atoms with Crippen molar-refractivity contribution in [2.75, 3.05) is 0 Å². The highest BCUT2D eigenvalue weighted by molar-refractivity contribution is 4.77. The summed E-state index contributed by atoms with van der Waals surface area (Å²) in [5, 5.41) is 0. The fraction of sp³-hybridized carbons (Fsp3) is 1.00. The van der Waals surface area contributed by atoms with Crippen LogP contribution in [0.15, 0.2) is 0 Å². The van der Waals surface area contributed by atoms with E-state index in [0.29, 0.717) is 6.04 Å². The first-order chi connectivity index (χ1) is 3.43. The fourth-order valence-electron chi connectivity index (χ4n) is 0.371. The SMILES string of the molecule is NNNNC1CC1. The van der Waals surface area contributed by atoms with Crippen LogP contribution >= 0.6 is 0 Å². The number of nitrogens with two attached hydrogens (primary N) is 1. The molecule has 1 saturated carbocycles. The quantitative estimate of drug-likeness (QED) is 0.262. The van der Waals surface area contributed by atoms with Crippen molar-refractivity contribution in [3.8, 4) is 0 Å². The maximum Gasteiger partial charge on any atom is 0.0227 e. The Labute approximate surface area is 42.4 Å². The predicted molar refractivity (Wildman–Crippen MR) is 26.6 cm³/mol. The van der Waals surface area contributed by atoms with Gasteiger partial charge in [-0.2, -0.15) is 11.1 Å². The zero-order chi connectivity index (χ0) is 5.11. The fourth-order valence-corrected chi connectivity index (χ4v) is 0.371. The Hall–Kier alpha value is -0.160. The van der Waals surface area contributed by atoms with E-state index >= 15 is 0 Å². The Balaban J connectivity index is 1.80. The normalized spacial score (nSPS) is 20.1. The standard InChI is InChI=1S/C3H10N4/c4-6-7-5-3-1-2-3/h3,5-7H,1-2,4H2. The first-order valence-electron chi connectivity index (χ1n) is 2.39. The van der Waals surface area contributed by atoms with Crippen molar-refractivity contribution in [1.82, 2.24) is 16.5 Å². The molecule has 42 valence electrons. The van der Waals surface area contributed by atoms with Gasteiger partial charge in [-0.3, -0.25) is 5.84 Å². The average molecular weight is 102 g/mol. The lowest BCUT2D eigenvalue weighted by atomic mass is 10.8. The Morgan fingerprint density at radius 1 is 1.43 bits per heavy atom. The molecule has 5 N–H and O–H groups in total. The summed E-state index contributed by atoms with van der Waals surface area (Å²) in [4.78, 5) is 0. The first kappa shape index (κ1) is 4.99. The summed E-state index contributed by atoms with van der Waals surface area (Å²) in [5.74, 6) is 4.88. The van der Waals surface area contributed by atoms with Crippen molar-refractivity contribution in [2.45, 2.75) is 18.9 Å². The topological polar surface area (TPSA) is 62.1 Å². The second kappa shape index (κ2) is 2.23. The summed E-state index contributed by atoms with van der Waals surface area (Å²) >= 11 is 0. The minimum absolute atomic E-state index is 0.649. The molecule has 1 aliphatic carbocycles. The molecule has 0 radical (unpaired) electrons. The molecule has 1 fully saturated rings. The van der Waals surface area contributed by atoms with Gasteiger partial charge in [0, 0.05) is 6.04 Å². The molecular formula is C3H10N4. The molecule has 0 aromatic heterocycles. The lowest BCUT2D eigenvalue weighted by molar-refractivity contribution is 0.440. The molecule has 1 aliphatic rings. The number of nitrogens with one attached hydrogen (secondary N) is 3. The molecule has 0 aliphatic heterocycles. The van der Waals surface area contributed by atoms with Gasteiger partial charge in [-0.1, -0.05) is 0 Å². The van der Waals surface area contributed by atoms with Gasteiger partial charge in [0.2, 0.25) is 0 Å². The van der Waals surface area contributed by atoms with Gasteiger partial charge in [0.25, 0.3) is 0 Å².